The molecule has 4 rings (SSSR count). The third-order valence-corrected chi connectivity index (χ3v) is 6.50. The molecule has 1 atom stereocenters. The second-order valence-electron chi connectivity index (χ2n) is 7.60. The number of ether oxygens (including phenoxy) is 1. The van der Waals surface area contributed by atoms with Gasteiger partial charge < -0.3 is 14.6 Å². The molecule has 0 bridgehead atoms. The minimum absolute atomic E-state index is 0.0687. The Bertz CT molecular complexity index is 1360. The predicted molar refractivity (Wildman–Crippen MR) is 133 cm³/mol. The van der Waals surface area contributed by atoms with Crippen molar-refractivity contribution in [2.45, 2.75) is 17.7 Å². The number of nitrogens with zero attached hydrogens (tertiary/aromatic N) is 4. The van der Waals surface area contributed by atoms with Crippen LogP contribution in [0.4, 0.5) is 0 Å². The van der Waals surface area contributed by atoms with Crippen LogP contribution in [0.25, 0.3) is 10.9 Å². The first-order valence-corrected chi connectivity index (χ1v) is 12.0. The van der Waals surface area contributed by atoms with Crippen molar-refractivity contribution in [1.29, 1.82) is 0 Å². The number of fused-ring (bicyclic) bond motifs is 1. The zero-order chi connectivity index (χ0) is 24.1. The van der Waals surface area contributed by atoms with Crippen molar-refractivity contribution in [2.75, 3.05) is 19.5 Å². The third-order valence-electron chi connectivity index (χ3n) is 5.29. The molecule has 2 heterocycles. The first-order valence-electron chi connectivity index (χ1n) is 10.6. The van der Waals surface area contributed by atoms with Gasteiger partial charge in [0.05, 0.1) is 29.8 Å². The molecule has 0 radical (unpaired) electrons. The smallest absolute Gasteiger partial charge is 0.262 e. The molecule has 4 aromatic rings. The summed E-state index contributed by atoms with van der Waals surface area (Å²) < 4.78 is 8.57. The summed E-state index contributed by atoms with van der Waals surface area (Å²) >= 11 is 7.30. The highest BCUT2D eigenvalue weighted by Gasteiger charge is 2.21. The summed E-state index contributed by atoms with van der Waals surface area (Å²) in [4.78, 5) is 35.1. The average Bonchev–Trinajstić information content (AvgIpc) is 3.26. The number of imidazole rings is 1. The Labute approximate surface area is 205 Å². The molecule has 0 aliphatic heterocycles. The molecule has 0 saturated carbocycles. The number of aryl methyl sites for hydroxylation is 1. The first-order chi connectivity index (χ1) is 16.5. The maximum absolute atomic E-state index is 13.1. The topological polar surface area (TPSA) is 91.0 Å². The van der Waals surface area contributed by atoms with Gasteiger partial charge in [0.1, 0.15) is 11.9 Å². The molecule has 10 heteroatoms. The minimum Gasteiger partial charge on any atom is -0.383 e. The lowest BCUT2D eigenvalue weighted by molar-refractivity contribution is -0.119. The summed E-state index contributed by atoms with van der Waals surface area (Å²) in [5.41, 5.74) is 1.21. The van der Waals surface area contributed by atoms with Crippen molar-refractivity contribution in [3.05, 3.63) is 87.7 Å². The zero-order valence-corrected chi connectivity index (χ0v) is 20.3. The maximum Gasteiger partial charge on any atom is 0.262 e. The highest BCUT2D eigenvalue weighted by molar-refractivity contribution is 7.99. The van der Waals surface area contributed by atoms with Gasteiger partial charge in [0.15, 0.2) is 5.16 Å². The molecule has 0 aliphatic carbocycles. The lowest BCUT2D eigenvalue weighted by Gasteiger charge is -2.19. The SMILES string of the molecule is COCCn1c(SCC(=O)NC(c2ccccc2)c2nccn2C)nc2cc(Cl)ccc2c1=O. The van der Waals surface area contributed by atoms with Crippen LogP contribution in [0, 0.1) is 0 Å². The van der Waals surface area contributed by atoms with E-state index in [2.05, 4.69) is 15.3 Å². The summed E-state index contributed by atoms with van der Waals surface area (Å²) in [6.45, 7) is 0.667. The molecule has 1 unspecified atom stereocenters. The number of nitrogens with one attached hydrogen (secondary N) is 1. The molecule has 1 amide bonds. The van der Waals surface area contributed by atoms with E-state index in [1.807, 2.05) is 48.1 Å². The van der Waals surface area contributed by atoms with Gasteiger partial charge in [0.25, 0.3) is 5.56 Å². The Balaban J connectivity index is 1.58. The average molecular weight is 498 g/mol. The van der Waals surface area contributed by atoms with Gasteiger partial charge in [0, 0.05) is 31.6 Å². The van der Waals surface area contributed by atoms with Crippen molar-refractivity contribution in [3.8, 4) is 0 Å². The Hall–Kier alpha value is -3.14. The lowest BCUT2D eigenvalue weighted by atomic mass is 10.1. The van der Waals surface area contributed by atoms with Crippen LogP contribution in [0.5, 0.6) is 0 Å². The van der Waals surface area contributed by atoms with Gasteiger partial charge in [0.2, 0.25) is 5.91 Å². The van der Waals surface area contributed by atoms with Gasteiger partial charge in [-0.2, -0.15) is 0 Å². The van der Waals surface area contributed by atoms with E-state index in [9.17, 15) is 9.59 Å². The number of halogens is 1. The number of benzene rings is 2. The Kier molecular flexibility index (Phi) is 7.66. The molecule has 176 valence electrons. The molecule has 2 aromatic carbocycles. The summed E-state index contributed by atoms with van der Waals surface area (Å²) in [6.07, 6.45) is 3.54. The summed E-state index contributed by atoms with van der Waals surface area (Å²) in [5.74, 6) is 0.583. The number of carbonyl (C=O) groups is 1. The van der Waals surface area contributed by atoms with Crippen LogP contribution in [-0.4, -0.2) is 44.5 Å². The monoisotopic (exact) mass is 497 g/mol. The van der Waals surface area contributed by atoms with Crippen molar-refractivity contribution in [1.82, 2.24) is 24.4 Å². The first kappa shape index (κ1) is 24.0. The largest absolute Gasteiger partial charge is 0.383 e. The number of rotatable bonds is 9. The Morgan fingerprint density at radius 3 is 2.74 bits per heavy atom. The molecule has 0 aliphatic rings. The van der Waals surface area contributed by atoms with Crippen LogP contribution in [0.1, 0.15) is 17.4 Å². The second kappa shape index (κ2) is 10.9. The second-order valence-corrected chi connectivity index (χ2v) is 8.98. The van der Waals surface area contributed by atoms with E-state index in [0.29, 0.717) is 34.2 Å². The van der Waals surface area contributed by atoms with Gasteiger partial charge >= 0.3 is 0 Å². The number of aromatic nitrogens is 4. The highest BCUT2D eigenvalue weighted by Crippen LogP contribution is 2.23. The fourth-order valence-electron chi connectivity index (χ4n) is 3.59. The summed E-state index contributed by atoms with van der Waals surface area (Å²) in [5, 5.41) is 4.45. The van der Waals surface area contributed by atoms with Crippen LogP contribution >= 0.6 is 23.4 Å². The van der Waals surface area contributed by atoms with E-state index in [4.69, 9.17) is 16.3 Å². The van der Waals surface area contributed by atoms with Crippen LogP contribution < -0.4 is 10.9 Å². The Morgan fingerprint density at radius 2 is 2.03 bits per heavy atom. The minimum atomic E-state index is -0.409. The van der Waals surface area contributed by atoms with Gasteiger partial charge in [-0.1, -0.05) is 53.7 Å². The van der Waals surface area contributed by atoms with Gasteiger partial charge in [-0.25, -0.2) is 9.97 Å². The van der Waals surface area contributed by atoms with E-state index in [1.54, 1.807) is 31.5 Å². The summed E-state index contributed by atoms with van der Waals surface area (Å²) in [6, 6.07) is 14.2. The van der Waals surface area contributed by atoms with Crippen molar-refractivity contribution in [2.24, 2.45) is 7.05 Å². The van der Waals surface area contributed by atoms with E-state index in [1.165, 1.54) is 16.3 Å². The van der Waals surface area contributed by atoms with E-state index >= 15 is 0 Å². The van der Waals surface area contributed by atoms with E-state index in [-0.39, 0.29) is 17.2 Å². The predicted octanol–water partition coefficient (Wildman–Crippen LogP) is 3.43. The molecule has 0 fully saturated rings. The molecule has 0 spiro atoms. The zero-order valence-electron chi connectivity index (χ0n) is 18.8. The van der Waals surface area contributed by atoms with Gasteiger partial charge in [-0.15, -0.1) is 0 Å². The summed E-state index contributed by atoms with van der Waals surface area (Å²) in [7, 11) is 3.46. The van der Waals surface area contributed by atoms with Crippen LogP contribution in [0.15, 0.2) is 70.9 Å². The molecular weight excluding hydrogens is 474 g/mol. The third kappa shape index (κ3) is 5.32. The normalized spacial score (nSPS) is 12.1. The highest BCUT2D eigenvalue weighted by atomic mass is 35.5. The van der Waals surface area contributed by atoms with Crippen molar-refractivity contribution < 1.29 is 9.53 Å². The molecule has 0 saturated heterocycles. The number of methoxy groups -OCH3 is 1. The number of thioether (sulfide) groups is 1. The Morgan fingerprint density at radius 1 is 1.24 bits per heavy atom. The molecule has 2 aromatic heterocycles. The van der Waals surface area contributed by atoms with Crippen LogP contribution in [-0.2, 0) is 23.1 Å². The van der Waals surface area contributed by atoms with E-state index < -0.39 is 6.04 Å². The van der Waals surface area contributed by atoms with Gasteiger partial charge in [-0.3, -0.25) is 14.2 Å². The fraction of sp³-hybridized carbons (Fsp3) is 0.250. The fourth-order valence-corrected chi connectivity index (χ4v) is 4.60. The van der Waals surface area contributed by atoms with Crippen LogP contribution in [0.2, 0.25) is 5.02 Å². The number of hydrogen-bond acceptors (Lipinski definition) is 6. The molecular formula is C24H24ClN5O3S. The maximum atomic E-state index is 13.1. The molecule has 1 N–H and O–H groups in total. The standard InChI is InChI=1S/C24H24ClN5O3S/c1-29-11-10-26-22(29)21(16-6-4-3-5-7-16)28-20(31)15-34-24-27-19-14-17(25)8-9-18(19)23(32)30(24)12-13-33-2/h3-11,14,21H,12-13,15H2,1-2H3,(H,28,31). The number of carbonyl (C=O) groups excluding carboxylic acids is 1. The molecule has 8 nitrogen and oxygen atoms in total. The number of amides is 1. The molecule has 34 heavy (non-hydrogen) atoms. The number of hydrogen-bond donors (Lipinski definition) is 1. The van der Waals surface area contributed by atoms with E-state index in [0.717, 1.165) is 11.4 Å². The quantitative estimate of drug-likeness (QED) is 0.281. The van der Waals surface area contributed by atoms with Crippen molar-refractivity contribution in [3.63, 3.8) is 0 Å². The van der Waals surface area contributed by atoms with Crippen molar-refractivity contribution >= 4 is 40.2 Å². The van der Waals surface area contributed by atoms with Crippen LogP contribution in [0.3, 0.4) is 0 Å². The van der Waals surface area contributed by atoms with Gasteiger partial charge in [-0.05, 0) is 23.8 Å². The lowest BCUT2D eigenvalue weighted by Crippen LogP contribution is -2.32.